The molecule has 1 aliphatic rings. The van der Waals surface area contributed by atoms with Gasteiger partial charge in [-0.2, -0.15) is 0 Å². The van der Waals surface area contributed by atoms with Gasteiger partial charge in [0.2, 0.25) is 0 Å². The van der Waals surface area contributed by atoms with Crippen LogP contribution in [0, 0.1) is 5.82 Å². The van der Waals surface area contributed by atoms with Crippen molar-refractivity contribution in [2.75, 3.05) is 17.8 Å². The lowest BCUT2D eigenvalue weighted by atomic mass is 10.0. The zero-order valence-electron chi connectivity index (χ0n) is 18.5. The number of nitrogens with one attached hydrogen (secondary N) is 2. The molecular weight excluding hydrogens is 477 g/mol. The second-order valence-electron chi connectivity index (χ2n) is 8.11. The number of piperidine rings is 1. The molecule has 0 bridgehead atoms. The van der Waals surface area contributed by atoms with Crippen LogP contribution in [0.25, 0.3) is 0 Å². The SMILES string of the molecule is O=C(NC1CCN(Cc2ccccc2)CC1)c1ccccc1NS(=O)(=O)c1ccc(F)cc1.[Cl-]. The van der Waals surface area contributed by atoms with Crippen molar-refractivity contribution in [2.24, 2.45) is 0 Å². The van der Waals surface area contributed by atoms with Gasteiger partial charge < -0.3 is 17.7 Å². The quantitative estimate of drug-likeness (QED) is 0.506. The molecule has 180 valence electrons. The van der Waals surface area contributed by atoms with Gasteiger partial charge in [0.05, 0.1) is 16.1 Å². The molecule has 0 aromatic heterocycles. The van der Waals surface area contributed by atoms with Crippen molar-refractivity contribution in [1.29, 1.82) is 0 Å². The average molecular weight is 503 g/mol. The molecule has 0 unspecified atom stereocenters. The first-order chi connectivity index (χ1) is 15.9. The summed E-state index contributed by atoms with van der Waals surface area (Å²) < 4.78 is 41.0. The number of likely N-dealkylation sites (tertiary alicyclic amines) is 1. The van der Waals surface area contributed by atoms with Gasteiger partial charge in [0.1, 0.15) is 5.82 Å². The van der Waals surface area contributed by atoms with E-state index < -0.39 is 15.8 Å². The molecule has 2 N–H and O–H groups in total. The maximum absolute atomic E-state index is 13.2. The van der Waals surface area contributed by atoms with E-state index in [1.54, 1.807) is 24.3 Å². The highest BCUT2D eigenvalue weighted by molar-refractivity contribution is 7.92. The number of amides is 1. The van der Waals surface area contributed by atoms with E-state index in [1.807, 2.05) is 18.2 Å². The highest BCUT2D eigenvalue weighted by Crippen LogP contribution is 2.21. The molecule has 1 amide bonds. The number of anilines is 1. The average Bonchev–Trinajstić information content (AvgIpc) is 2.81. The van der Waals surface area contributed by atoms with Crippen LogP contribution in [-0.2, 0) is 16.6 Å². The van der Waals surface area contributed by atoms with E-state index in [0.717, 1.165) is 44.6 Å². The lowest BCUT2D eigenvalue weighted by molar-refractivity contribution is -0.0000186. The van der Waals surface area contributed by atoms with E-state index in [4.69, 9.17) is 0 Å². The molecule has 0 atom stereocenters. The fourth-order valence-corrected chi connectivity index (χ4v) is 5.01. The minimum atomic E-state index is -3.96. The third kappa shape index (κ3) is 6.56. The van der Waals surface area contributed by atoms with E-state index in [0.29, 0.717) is 0 Å². The van der Waals surface area contributed by atoms with Crippen LogP contribution in [0.5, 0.6) is 0 Å². The van der Waals surface area contributed by atoms with Crippen molar-refractivity contribution in [2.45, 2.75) is 30.3 Å². The Morgan fingerprint density at radius 2 is 1.53 bits per heavy atom. The summed E-state index contributed by atoms with van der Waals surface area (Å²) in [4.78, 5) is 15.2. The number of benzene rings is 3. The van der Waals surface area contributed by atoms with Crippen molar-refractivity contribution in [1.82, 2.24) is 10.2 Å². The Morgan fingerprint density at radius 1 is 0.912 bits per heavy atom. The molecule has 34 heavy (non-hydrogen) atoms. The fraction of sp³-hybridized carbons (Fsp3) is 0.240. The molecule has 1 saturated heterocycles. The number of carbonyl (C=O) groups is 1. The zero-order chi connectivity index (χ0) is 23.3. The number of hydrogen-bond acceptors (Lipinski definition) is 4. The number of para-hydroxylation sites is 1. The van der Waals surface area contributed by atoms with Gasteiger partial charge in [-0.3, -0.25) is 14.4 Å². The monoisotopic (exact) mass is 502 g/mol. The molecule has 1 aliphatic heterocycles. The summed E-state index contributed by atoms with van der Waals surface area (Å²) in [5, 5.41) is 3.04. The Bertz CT molecular complexity index is 1200. The molecule has 0 radical (unpaired) electrons. The molecule has 4 rings (SSSR count). The van der Waals surface area contributed by atoms with Crippen molar-refractivity contribution >= 4 is 21.6 Å². The van der Waals surface area contributed by atoms with Crippen molar-refractivity contribution in [3.05, 3.63) is 95.8 Å². The molecular formula is C25H26ClFN3O3S-. The standard InChI is InChI=1S/C25H26FN3O3S.ClH/c26-20-10-12-22(13-11-20)33(31,32)28-24-9-5-4-8-23(24)25(30)27-21-14-16-29(17-15-21)18-19-6-2-1-3-7-19;/h1-13,21,28H,14-18H2,(H,27,30);1H/p-1. The molecule has 9 heteroatoms. The van der Waals surface area contributed by atoms with Crippen LogP contribution in [0.3, 0.4) is 0 Å². The van der Waals surface area contributed by atoms with Crippen LogP contribution in [0.15, 0.2) is 83.8 Å². The fourth-order valence-electron chi connectivity index (χ4n) is 3.93. The van der Waals surface area contributed by atoms with Crippen LogP contribution in [0.2, 0.25) is 0 Å². The normalized spacial score (nSPS) is 14.7. The number of hydrogen-bond donors (Lipinski definition) is 2. The van der Waals surface area contributed by atoms with Gasteiger partial charge in [-0.15, -0.1) is 0 Å². The summed E-state index contributed by atoms with van der Waals surface area (Å²) in [7, 11) is -3.96. The predicted molar refractivity (Wildman–Crippen MR) is 126 cm³/mol. The minimum absolute atomic E-state index is 0. The summed E-state index contributed by atoms with van der Waals surface area (Å²) in [6, 6.07) is 21.3. The minimum Gasteiger partial charge on any atom is -1.00 e. The molecule has 0 saturated carbocycles. The first-order valence-corrected chi connectivity index (χ1v) is 12.3. The molecule has 0 aliphatic carbocycles. The molecule has 1 heterocycles. The van der Waals surface area contributed by atoms with Gasteiger partial charge >= 0.3 is 0 Å². The first kappa shape index (κ1) is 25.7. The maximum Gasteiger partial charge on any atom is 0.261 e. The van der Waals surface area contributed by atoms with E-state index in [1.165, 1.54) is 17.7 Å². The molecule has 1 fully saturated rings. The van der Waals surface area contributed by atoms with Crippen LogP contribution in [-0.4, -0.2) is 38.4 Å². The third-order valence-corrected chi connectivity index (χ3v) is 7.09. The summed E-state index contributed by atoms with van der Waals surface area (Å²) in [5.74, 6) is -0.850. The third-order valence-electron chi connectivity index (χ3n) is 5.71. The van der Waals surface area contributed by atoms with Gasteiger partial charge in [0.25, 0.3) is 15.9 Å². The van der Waals surface area contributed by atoms with E-state index in [2.05, 4.69) is 27.1 Å². The maximum atomic E-state index is 13.2. The lowest BCUT2D eigenvalue weighted by Crippen LogP contribution is -3.00. The number of nitrogens with zero attached hydrogens (tertiary/aromatic N) is 1. The second-order valence-corrected chi connectivity index (χ2v) is 9.80. The van der Waals surface area contributed by atoms with E-state index in [9.17, 15) is 17.6 Å². The largest absolute Gasteiger partial charge is 1.00 e. The topological polar surface area (TPSA) is 78.5 Å². The van der Waals surface area contributed by atoms with Crippen molar-refractivity contribution in [3.63, 3.8) is 0 Å². The Kier molecular flexibility index (Phi) is 8.66. The van der Waals surface area contributed by atoms with Gasteiger partial charge in [-0.1, -0.05) is 42.5 Å². The second kappa shape index (κ2) is 11.5. The molecule has 3 aromatic rings. The first-order valence-electron chi connectivity index (χ1n) is 10.9. The van der Waals surface area contributed by atoms with Gasteiger partial charge in [0.15, 0.2) is 0 Å². The Labute approximate surface area is 205 Å². The van der Waals surface area contributed by atoms with Gasteiger partial charge in [0, 0.05) is 25.7 Å². The summed E-state index contributed by atoms with van der Waals surface area (Å²) in [6.07, 6.45) is 1.64. The zero-order valence-corrected chi connectivity index (χ0v) is 20.0. The van der Waals surface area contributed by atoms with Crippen LogP contribution < -0.4 is 22.4 Å². The highest BCUT2D eigenvalue weighted by Gasteiger charge is 2.23. The molecule has 3 aromatic carbocycles. The Balaban J connectivity index is 0.00000324. The number of halogens is 2. The predicted octanol–water partition coefficient (Wildman–Crippen LogP) is 1.02. The van der Waals surface area contributed by atoms with Crippen molar-refractivity contribution in [3.8, 4) is 0 Å². The van der Waals surface area contributed by atoms with Crippen LogP contribution in [0.1, 0.15) is 28.8 Å². The lowest BCUT2D eigenvalue weighted by Gasteiger charge is -2.32. The molecule has 0 spiro atoms. The van der Waals surface area contributed by atoms with Crippen LogP contribution in [0.4, 0.5) is 10.1 Å². The van der Waals surface area contributed by atoms with Gasteiger partial charge in [-0.05, 0) is 54.8 Å². The summed E-state index contributed by atoms with van der Waals surface area (Å²) >= 11 is 0. The van der Waals surface area contributed by atoms with E-state index in [-0.39, 0.29) is 40.5 Å². The number of rotatable bonds is 7. The Hall–Kier alpha value is -2.94. The number of sulfonamides is 1. The van der Waals surface area contributed by atoms with Crippen molar-refractivity contribution < 1.29 is 30.0 Å². The summed E-state index contributed by atoms with van der Waals surface area (Å²) in [6.45, 7) is 2.63. The Morgan fingerprint density at radius 3 is 2.21 bits per heavy atom. The molecule has 6 nitrogen and oxygen atoms in total. The summed E-state index contributed by atoms with van der Waals surface area (Å²) in [5.41, 5.74) is 1.69. The van der Waals surface area contributed by atoms with Crippen LogP contribution >= 0.6 is 0 Å². The smallest absolute Gasteiger partial charge is 0.261 e. The van der Waals surface area contributed by atoms with Gasteiger partial charge in [-0.25, -0.2) is 12.8 Å². The van der Waals surface area contributed by atoms with E-state index >= 15 is 0 Å². The highest BCUT2D eigenvalue weighted by atomic mass is 35.5. The number of carbonyl (C=O) groups excluding carboxylic acids is 1.